The van der Waals surface area contributed by atoms with Crippen LogP contribution in [0.25, 0.3) is 0 Å². The minimum Gasteiger partial charge on any atom is -0.496 e. The lowest BCUT2D eigenvalue weighted by atomic mass is 9.92. The Morgan fingerprint density at radius 3 is 2.41 bits per heavy atom. The molecule has 1 N–H and O–H groups in total. The molecule has 0 unspecified atom stereocenters. The summed E-state index contributed by atoms with van der Waals surface area (Å²) in [7, 11) is 7.83. The molecule has 1 rings (SSSR count). The van der Waals surface area contributed by atoms with E-state index in [1.807, 2.05) is 13.1 Å². The van der Waals surface area contributed by atoms with Crippen LogP contribution < -0.4 is 10.1 Å². The Balaban J connectivity index is 3.12. The highest BCUT2D eigenvalue weighted by Gasteiger charge is 2.19. The van der Waals surface area contributed by atoms with Crippen molar-refractivity contribution in [1.82, 2.24) is 10.2 Å². The average molecular weight is 236 g/mol. The maximum Gasteiger partial charge on any atom is 0.123 e. The third-order valence-electron chi connectivity index (χ3n) is 3.11. The molecule has 0 aromatic heterocycles. The van der Waals surface area contributed by atoms with Crippen LogP contribution in [-0.2, 0) is 12.1 Å². The van der Waals surface area contributed by atoms with E-state index < -0.39 is 0 Å². The molecule has 0 saturated heterocycles. The van der Waals surface area contributed by atoms with Crippen molar-refractivity contribution in [2.24, 2.45) is 0 Å². The van der Waals surface area contributed by atoms with E-state index in [0.29, 0.717) is 0 Å². The summed E-state index contributed by atoms with van der Waals surface area (Å²) < 4.78 is 5.40. The maximum absolute atomic E-state index is 5.40. The molecule has 0 radical (unpaired) electrons. The molecule has 17 heavy (non-hydrogen) atoms. The van der Waals surface area contributed by atoms with Gasteiger partial charge in [-0.25, -0.2) is 0 Å². The number of methoxy groups -OCH3 is 1. The van der Waals surface area contributed by atoms with Gasteiger partial charge in [-0.05, 0) is 52.7 Å². The lowest BCUT2D eigenvalue weighted by Gasteiger charge is -2.26. The Labute approximate surface area is 105 Å². The molecular formula is C14H24N2O. The first-order valence-corrected chi connectivity index (χ1v) is 5.91. The first kappa shape index (κ1) is 14.0. The van der Waals surface area contributed by atoms with Gasteiger partial charge in [0.25, 0.3) is 0 Å². The molecule has 0 atom stereocenters. The Morgan fingerprint density at radius 1 is 1.29 bits per heavy atom. The zero-order valence-corrected chi connectivity index (χ0v) is 11.8. The summed E-state index contributed by atoms with van der Waals surface area (Å²) in [5.41, 5.74) is 2.48. The average Bonchev–Trinajstić information content (AvgIpc) is 2.28. The molecule has 0 spiro atoms. The Morgan fingerprint density at radius 2 is 1.94 bits per heavy atom. The monoisotopic (exact) mass is 236 g/mol. The van der Waals surface area contributed by atoms with Gasteiger partial charge in [0.15, 0.2) is 0 Å². The van der Waals surface area contributed by atoms with Crippen molar-refractivity contribution >= 4 is 0 Å². The van der Waals surface area contributed by atoms with Crippen LogP contribution in [0.4, 0.5) is 0 Å². The molecule has 1 aromatic carbocycles. The minimum atomic E-state index is -0.0205. The first-order chi connectivity index (χ1) is 7.90. The molecule has 0 heterocycles. The fourth-order valence-corrected chi connectivity index (χ4v) is 1.78. The van der Waals surface area contributed by atoms with Crippen molar-refractivity contribution in [3.63, 3.8) is 0 Å². The third-order valence-corrected chi connectivity index (χ3v) is 3.11. The van der Waals surface area contributed by atoms with Crippen molar-refractivity contribution < 1.29 is 4.74 Å². The predicted octanol–water partition coefficient (Wildman–Crippen LogP) is 2.21. The highest BCUT2D eigenvalue weighted by atomic mass is 16.5. The van der Waals surface area contributed by atoms with Crippen LogP contribution in [0, 0.1) is 0 Å². The number of hydrogen-bond donors (Lipinski definition) is 1. The van der Waals surface area contributed by atoms with Crippen LogP contribution in [0.15, 0.2) is 18.2 Å². The van der Waals surface area contributed by atoms with E-state index in [9.17, 15) is 0 Å². The van der Waals surface area contributed by atoms with Crippen molar-refractivity contribution in [2.75, 3.05) is 28.3 Å². The van der Waals surface area contributed by atoms with Crippen LogP contribution in [0.2, 0.25) is 0 Å². The van der Waals surface area contributed by atoms with E-state index in [1.165, 1.54) is 11.1 Å². The second-order valence-corrected chi connectivity index (χ2v) is 5.14. The Bertz CT molecular complexity index is 372. The number of nitrogens with zero attached hydrogens (tertiary/aromatic N) is 1. The van der Waals surface area contributed by atoms with Crippen LogP contribution in [0.1, 0.15) is 25.0 Å². The summed E-state index contributed by atoms with van der Waals surface area (Å²) in [6, 6.07) is 6.39. The lowest BCUT2D eigenvalue weighted by molar-refractivity contribution is 0.369. The number of rotatable bonds is 5. The summed E-state index contributed by atoms with van der Waals surface area (Å²) in [5, 5.41) is 3.32. The van der Waals surface area contributed by atoms with E-state index in [-0.39, 0.29) is 5.54 Å². The quantitative estimate of drug-likeness (QED) is 0.848. The fourth-order valence-electron chi connectivity index (χ4n) is 1.78. The molecule has 96 valence electrons. The standard InChI is InChI=1S/C14H24N2O/c1-14(2,15-3)12-7-8-13(17-6)11(9-12)10-16(4)5/h7-9,15H,10H2,1-6H3. The maximum atomic E-state index is 5.40. The zero-order valence-electron chi connectivity index (χ0n) is 11.8. The van der Waals surface area contributed by atoms with E-state index in [2.05, 4.69) is 50.3 Å². The normalized spacial score (nSPS) is 11.9. The lowest BCUT2D eigenvalue weighted by Crippen LogP contribution is -2.33. The van der Waals surface area contributed by atoms with E-state index in [4.69, 9.17) is 4.74 Å². The highest BCUT2D eigenvalue weighted by molar-refractivity contribution is 5.39. The summed E-state index contributed by atoms with van der Waals surface area (Å²) in [6.45, 7) is 5.24. The number of benzene rings is 1. The summed E-state index contributed by atoms with van der Waals surface area (Å²) >= 11 is 0. The second-order valence-electron chi connectivity index (χ2n) is 5.14. The van der Waals surface area contributed by atoms with Gasteiger partial charge in [0, 0.05) is 17.6 Å². The van der Waals surface area contributed by atoms with Crippen LogP contribution >= 0.6 is 0 Å². The SMILES string of the molecule is CNC(C)(C)c1ccc(OC)c(CN(C)C)c1. The zero-order chi connectivity index (χ0) is 13.1. The number of ether oxygens (including phenoxy) is 1. The van der Waals surface area contributed by atoms with Gasteiger partial charge in [0.2, 0.25) is 0 Å². The molecule has 0 saturated carbocycles. The van der Waals surface area contributed by atoms with E-state index in [0.717, 1.165) is 12.3 Å². The summed E-state index contributed by atoms with van der Waals surface area (Å²) in [5.74, 6) is 0.953. The highest BCUT2D eigenvalue weighted by Crippen LogP contribution is 2.27. The van der Waals surface area contributed by atoms with Gasteiger partial charge in [-0.15, -0.1) is 0 Å². The molecular weight excluding hydrogens is 212 g/mol. The second kappa shape index (κ2) is 5.52. The molecule has 0 bridgehead atoms. The topological polar surface area (TPSA) is 24.5 Å². The molecule has 0 aliphatic heterocycles. The van der Waals surface area contributed by atoms with Crippen molar-refractivity contribution in [2.45, 2.75) is 25.9 Å². The molecule has 3 nitrogen and oxygen atoms in total. The van der Waals surface area contributed by atoms with Gasteiger partial charge in [-0.3, -0.25) is 0 Å². The van der Waals surface area contributed by atoms with Crippen LogP contribution in [-0.4, -0.2) is 33.2 Å². The van der Waals surface area contributed by atoms with Gasteiger partial charge < -0.3 is 15.0 Å². The van der Waals surface area contributed by atoms with Gasteiger partial charge in [-0.2, -0.15) is 0 Å². The number of hydrogen-bond acceptors (Lipinski definition) is 3. The summed E-state index contributed by atoms with van der Waals surface area (Å²) in [6.07, 6.45) is 0. The third kappa shape index (κ3) is 3.45. The van der Waals surface area contributed by atoms with E-state index in [1.54, 1.807) is 7.11 Å². The summed E-state index contributed by atoms with van der Waals surface area (Å²) in [4.78, 5) is 2.15. The van der Waals surface area contributed by atoms with Crippen molar-refractivity contribution in [3.8, 4) is 5.75 Å². The van der Waals surface area contributed by atoms with Gasteiger partial charge in [0.05, 0.1) is 7.11 Å². The molecule has 0 amide bonds. The molecule has 0 aliphatic rings. The molecule has 0 fully saturated rings. The smallest absolute Gasteiger partial charge is 0.123 e. The Hall–Kier alpha value is -1.06. The number of nitrogens with one attached hydrogen (secondary N) is 1. The van der Waals surface area contributed by atoms with Gasteiger partial charge in [0.1, 0.15) is 5.75 Å². The van der Waals surface area contributed by atoms with Gasteiger partial charge in [-0.1, -0.05) is 6.07 Å². The molecule has 3 heteroatoms. The fraction of sp³-hybridized carbons (Fsp3) is 0.571. The van der Waals surface area contributed by atoms with Crippen LogP contribution in [0.5, 0.6) is 5.75 Å². The Kier molecular flexibility index (Phi) is 4.54. The van der Waals surface area contributed by atoms with Crippen molar-refractivity contribution in [3.05, 3.63) is 29.3 Å². The molecule has 0 aliphatic carbocycles. The van der Waals surface area contributed by atoms with E-state index >= 15 is 0 Å². The minimum absolute atomic E-state index is 0.0205. The van der Waals surface area contributed by atoms with Gasteiger partial charge >= 0.3 is 0 Å². The molecule has 1 aromatic rings. The largest absolute Gasteiger partial charge is 0.496 e. The predicted molar refractivity (Wildman–Crippen MR) is 72.5 cm³/mol. The van der Waals surface area contributed by atoms with Crippen LogP contribution in [0.3, 0.4) is 0 Å². The first-order valence-electron chi connectivity index (χ1n) is 5.91. The van der Waals surface area contributed by atoms with Crippen molar-refractivity contribution in [1.29, 1.82) is 0 Å².